The van der Waals surface area contributed by atoms with E-state index in [2.05, 4.69) is 14.9 Å². The summed E-state index contributed by atoms with van der Waals surface area (Å²) in [6.45, 7) is 2.59. The third-order valence-electron chi connectivity index (χ3n) is 3.93. The summed E-state index contributed by atoms with van der Waals surface area (Å²) in [7, 11) is 1.83. The van der Waals surface area contributed by atoms with Gasteiger partial charge in [0.1, 0.15) is 5.69 Å². The van der Waals surface area contributed by atoms with Crippen molar-refractivity contribution in [1.82, 2.24) is 19.8 Å². The molecular formula is C15H20N4OS. The Morgan fingerprint density at radius 1 is 1.52 bits per heavy atom. The lowest BCUT2D eigenvalue weighted by Crippen LogP contribution is -2.33. The number of aromatic nitrogens is 2. The molecule has 1 fully saturated rings. The van der Waals surface area contributed by atoms with Gasteiger partial charge in [-0.15, -0.1) is 11.3 Å². The van der Waals surface area contributed by atoms with Crippen molar-refractivity contribution < 1.29 is 4.79 Å². The first-order chi connectivity index (χ1) is 10.3. The summed E-state index contributed by atoms with van der Waals surface area (Å²) in [5.41, 5.74) is 3.52. The maximum Gasteiger partial charge on any atom is 0.270 e. The zero-order valence-corrected chi connectivity index (χ0v) is 13.0. The summed E-state index contributed by atoms with van der Waals surface area (Å²) in [6, 6.07) is 4.31. The van der Waals surface area contributed by atoms with Gasteiger partial charge in [0.2, 0.25) is 0 Å². The molecule has 1 aliphatic rings. The molecule has 1 saturated heterocycles. The van der Waals surface area contributed by atoms with Gasteiger partial charge in [0, 0.05) is 24.7 Å². The number of carbonyl (C=O) groups is 1. The molecule has 0 saturated carbocycles. The van der Waals surface area contributed by atoms with Gasteiger partial charge in [0.15, 0.2) is 0 Å². The van der Waals surface area contributed by atoms with Crippen molar-refractivity contribution in [2.75, 3.05) is 20.1 Å². The van der Waals surface area contributed by atoms with Crippen molar-refractivity contribution >= 4 is 17.2 Å². The highest BCUT2D eigenvalue weighted by Crippen LogP contribution is 2.22. The first-order valence-electron chi connectivity index (χ1n) is 7.26. The lowest BCUT2D eigenvalue weighted by Gasteiger charge is -2.27. The van der Waals surface area contributed by atoms with E-state index in [1.54, 1.807) is 21.7 Å². The zero-order valence-electron chi connectivity index (χ0n) is 12.2. The van der Waals surface area contributed by atoms with Crippen LogP contribution < -0.4 is 5.32 Å². The highest BCUT2D eigenvalue weighted by Gasteiger charge is 2.22. The van der Waals surface area contributed by atoms with Gasteiger partial charge in [-0.1, -0.05) is 0 Å². The predicted octanol–water partition coefficient (Wildman–Crippen LogP) is 2.14. The average Bonchev–Trinajstić information content (AvgIpc) is 3.18. The van der Waals surface area contributed by atoms with E-state index in [9.17, 15) is 4.79 Å². The Hall–Kier alpha value is -1.66. The molecular weight excluding hydrogens is 284 g/mol. The van der Waals surface area contributed by atoms with E-state index in [0.29, 0.717) is 12.6 Å². The Morgan fingerprint density at radius 3 is 3.05 bits per heavy atom. The van der Waals surface area contributed by atoms with Crippen LogP contribution in [0.3, 0.4) is 0 Å². The smallest absolute Gasteiger partial charge is 0.270 e. The molecule has 3 rings (SSSR count). The summed E-state index contributed by atoms with van der Waals surface area (Å²) in [6.07, 6.45) is 4.18. The zero-order chi connectivity index (χ0) is 14.7. The molecule has 3 heterocycles. The van der Waals surface area contributed by atoms with Crippen molar-refractivity contribution in [1.29, 1.82) is 0 Å². The van der Waals surface area contributed by atoms with Crippen LogP contribution in [0.5, 0.6) is 0 Å². The predicted molar refractivity (Wildman–Crippen MR) is 83.5 cm³/mol. The van der Waals surface area contributed by atoms with E-state index in [0.717, 1.165) is 37.3 Å². The lowest BCUT2D eigenvalue weighted by atomic mass is 10.1. The second-order valence-corrected chi connectivity index (χ2v) is 6.14. The van der Waals surface area contributed by atoms with Crippen LogP contribution in [0.2, 0.25) is 0 Å². The first-order valence-corrected chi connectivity index (χ1v) is 8.20. The number of hydrogen-bond donors (Lipinski definition) is 1. The molecule has 112 valence electrons. The SMILES string of the molecule is CN(Cc1cscn1)C(=O)c1cccn1C1CCNCC1. The monoisotopic (exact) mass is 304 g/mol. The third-order valence-corrected chi connectivity index (χ3v) is 4.56. The second-order valence-electron chi connectivity index (χ2n) is 5.42. The van der Waals surface area contributed by atoms with Crippen LogP contribution in [0.15, 0.2) is 29.2 Å². The molecule has 21 heavy (non-hydrogen) atoms. The number of nitrogens with one attached hydrogen (secondary N) is 1. The number of carbonyl (C=O) groups excluding carboxylic acids is 1. The Balaban J connectivity index is 1.73. The van der Waals surface area contributed by atoms with Crippen molar-refractivity contribution in [3.63, 3.8) is 0 Å². The fraction of sp³-hybridized carbons (Fsp3) is 0.467. The molecule has 6 heteroatoms. The van der Waals surface area contributed by atoms with Gasteiger partial charge < -0.3 is 14.8 Å². The highest BCUT2D eigenvalue weighted by atomic mass is 32.1. The number of rotatable bonds is 4. The Morgan fingerprint density at radius 2 is 2.33 bits per heavy atom. The molecule has 5 nitrogen and oxygen atoms in total. The lowest BCUT2D eigenvalue weighted by molar-refractivity contribution is 0.0769. The molecule has 0 radical (unpaired) electrons. The van der Waals surface area contributed by atoms with Crippen molar-refractivity contribution in [3.05, 3.63) is 40.6 Å². The standard InChI is InChI=1S/C15H20N4OS/c1-18(9-12-10-21-11-17-12)15(20)14-3-2-8-19(14)13-4-6-16-7-5-13/h2-3,8,10-11,13,16H,4-7,9H2,1H3. The molecule has 0 spiro atoms. The number of piperidine rings is 1. The first kappa shape index (κ1) is 14.3. The van der Waals surface area contributed by atoms with Crippen LogP contribution in [0.4, 0.5) is 0 Å². The van der Waals surface area contributed by atoms with E-state index >= 15 is 0 Å². The van der Waals surface area contributed by atoms with Gasteiger partial charge in [0.25, 0.3) is 5.91 Å². The van der Waals surface area contributed by atoms with Crippen LogP contribution in [0, 0.1) is 0 Å². The van der Waals surface area contributed by atoms with Crippen molar-refractivity contribution in [2.45, 2.75) is 25.4 Å². The molecule has 1 amide bonds. The van der Waals surface area contributed by atoms with Crippen LogP contribution >= 0.6 is 11.3 Å². The second kappa shape index (κ2) is 6.41. The van der Waals surface area contributed by atoms with Gasteiger partial charge in [-0.3, -0.25) is 4.79 Å². The van der Waals surface area contributed by atoms with E-state index < -0.39 is 0 Å². The summed E-state index contributed by atoms with van der Waals surface area (Å²) in [4.78, 5) is 18.6. The maximum atomic E-state index is 12.7. The molecule has 0 atom stereocenters. The van der Waals surface area contributed by atoms with Crippen LogP contribution in [0.1, 0.15) is 35.1 Å². The van der Waals surface area contributed by atoms with E-state index in [1.807, 2.05) is 30.8 Å². The number of amides is 1. The summed E-state index contributed by atoms with van der Waals surface area (Å²) in [5, 5.41) is 5.34. The molecule has 2 aromatic rings. The summed E-state index contributed by atoms with van der Waals surface area (Å²) < 4.78 is 2.14. The Kier molecular flexibility index (Phi) is 4.36. The minimum Gasteiger partial charge on any atom is -0.340 e. The van der Waals surface area contributed by atoms with E-state index in [-0.39, 0.29) is 5.91 Å². The molecule has 0 aliphatic carbocycles. The quantitative estimate of drug-likeness (QED) is 0.941. The minimum atomic E-state index is 0.0616. The molecule has 1 aliphatic heterocycles. The number of hydrogen-bond acceptors (Lipinski definition) is 4. The van der Waals surface area contributed by atoms with E-state index in [1.165, 1.54) is 0 Å². The van der Waals surface area contributed by atoms with Gasteiger partial charge >= 0.3 is 0 Å². The van der Waals surface area contributed by atoms with Gasteiger partial charge in [-0.25, -0.2) is 4.98 Å². The van der Waals surface area contributed by atoms with Gasteiger partial charge in [-0.2, -0.15) is 0 Å². The molecule has 2 aromatic heterocycles. The maximum absolute atomic E-state index is 12.7. The Labute approximate surface area is 128 Å². The van der Waals surface area contributed by atoms with Gasteiger partial charge in [-0.05, 0) is 38.1 Å². The normalized spacial score (nSPS) is 16.0. The average molecular weight is 304 g/mol. The van der Waals surface area contributed by atoms with Crippen LogP contribution in [0.25, 0.3) is 0 Å². The van der Waals surface area contributed by atoms with Crippen LogP contribution in [-0.4, -0.2) is 40.5 Å². The van der Waals surface area contributed by atoms with Crippen LogP contribution in [-0.2, 0) is 6.54 Å². The topological polar surface area (TPSA) is 50.2 Å². The largest absolute Gasteiger partial charge is 0.340 e. The van der Waals surface area contributed by atoms with Crippen molar-refractivity contribution in [3.8, 4) is 0 Å². The fourth-order valence-corrected chi connectivity index (χ4v) is 3.35. The van der Waals surface area contributed by atoms with Gasteiger partial charge in [0.05, 0.1) is 17.7 Å². The number of thiazole rings is 1. The molecule has 0 aromatic carbocycles. The molecule has 1 N–H and O–H groups in total. The molecule has 0 unspecified atom stereocenters. The summed E-state index contributed by atoms with van der Waals surface area (Å²) in [5.74, 6) is 0.0616. The minimum absolute atomic E-state index is 0.0616. The van der Waals surface area contributed by atoms with E-state index in [4.69, 9.17) is 0 Å². The summed E-state index contributed by atoms with van der Waals surface area (Å²) >= 11 is 1.56. The molecule has 0 bridgehead atoms. The Bertz CT molecular complexity index is 587. The highest BCUT2D eigenvalue weighted by molar-refractivity contribution is 7.07. The van der Waals surface area contributed by atoms with Crippen molar-refractivity contribution in [2.24, 2.45) is 0 Å². The fourth-order valence-electron chi connectivity index (χ4n) is 2.80. The number of nitrogens with zero attached hydrogens (tertiary/aromatic N) is 3. The third kappa shape index (κ3) is 3.16.